The van der Waals surface area contributed by atoms with Gasteiger partial charge in [0.15, 0.2) is 0 Å². The molecule has 2 aliphatic rings. The molecule has 2 saturated heterocycles. The second-order valence-corrected chi connectivity index (χ2v) is 5.29. The first-order chi connectivity index (χ1) is 8.27. The zero-order chi connectivity index (χ0) is 12.1. The van der Waals surface area contributed by atoms with Gasteiger partial charge in [0, 0.05) is 25.8 Å². The van der Waals surface area contributed by atoms with E-state index in [1.807, 2.05) is 0 Å². The van der Waals surface area contributed by atoms with E-state index in [1.54, 1.807) is 0 Å². The number of nitrogens with one attached hydrogen (secondary N) is 2. The van der Waals surface area contributed by atoms with Crippen LogP contribution in [0.25, 0.3) is 0 Å². The predicted molar refractivity (Wildman–Crippen MR) is 66.7 cm³/mol. The fourth-order valence-corrected chi connectivity index (χ4v) is 2.75. The number of rotatable bonds is 3. The Morgan fingerprint density at radius 3 is 2.76 bits per heavy atom. The standard InChI is InChI=1S/C13H24N2O2/c1-10(11-4-7-17-8-5-11)15-13(16)12-3-2-6-14-9-12/h10-12,14H,2-9H2,1H3,(H,15,16)/t10?,12-/m1/s1. The van der Waals surface area contributed by atoms with Crippen LogP contribution in [0, 0.1) is 11.8 Å². The quantitative estimate of drug-likeness (QED) is 0.771. The highest BCUT2D eigenvalue weighted by Crippen LogP contribution is 2.19. The van der Waals surface area contributed by atoms with E-state index < -0.39 is 0 Å². The van der Waals surface area contributed by atoms with Crippen LogP contribution in [0.5, 0.6) is 0 Å². The summed E-state index contributed by atoms with van der Waals surface area (Å²) < 4.78 is 5.35. The number of carbonyl (C=O) groups is 1. The van der Waals surface area contributed by atoms with Gasteiger partial charge in [-0.2, -0.15) is 0 Å². The second kappa shape index (κ2) is 6.36. The highest BCUT2D eigenvalue weighted by Gasteiger charge is 2.26. The Labute approximate surface area is 103 Å². The first-order valence-corrected chi connectivity index (χ1v) is 6.86. The van der Waals surface area contributed by atoms with E-state index in [-0.39, 0.29) is 17.9 Å². The van der Waals surface area contributed by atoms with E-state index in [9.17, 15) is 4.79 Å². The summed E-state index contributed by atoms with van der Waals surface area (Å²) in [6.07, 6.45) is 4.29. The minimum Gasteiger partial charge on any atom is -0.381 e. The topological polar surface area (TPSA) is 50.4 Å². The second-order valence-electron chi connectivity index (χ2n) is 5.29. The van der Waals surface area contributed by atoms with Gasteiger partial charge in [0.2, 0.25) is 5.91 Å². The van der Waals surface area contributed by atoms with Crippen LogP contribution < -0.4 is 10.6 Å². The van der Waals surface area contributed by atoms with Crippen LogP contribution in [0.2, 0.25) is 0 Å². The first kappa shape index (κ1) is 12.8. The highest BCUT2D eigenvalue weighted by molar-refractivity contribution is 5.79. The van der Waals surface area contributed by atoms with Crippen molar-refractivity contribution < 1.29 is 9.53 Å². The van der Waals surface area contributed by atoms with Crippen LogP contribution >= 0.6 is 0 Å². The monoisotopic (exact) mass is 240 g/mol. The van der Waals surface area contributed by atoms with Crippen molar-refractivity contribution in [1.82, 2.24) is 10.6 Å². The normalized spacial score (nSPS) is 28.6. The molecule has 2 rings (SSSR count). The summed E-state index contributed by atoms with van der Waals surface area (Å²) in [7, 11) is 0. The molecule has 0 aromatic carbocycles. The molecule has 4 nitrogen and oxygen atoms in total. The SMILES string of the molecule is CC(NC(=O)[C@@H]1CCCNC1)C1CCOCC1. The third kappa shape index (κ3) is 3.68. The molecule has 4 heteroatoms. The first-order valence-electron chi connectivity index (χ1n) is 6.86. The molecule has 1 unspecified atom stereocenters. The van der Waals surface area contributed by atoms with Gasteiger partial charge in [-0.15, -0.1) is 0 Å². The number of hydrogen-bond donors (Lipinski definition) is 2. The third-order valence-corrected chi connectivity index (χ3v) is 4.01. The Balaban J connectivity index is 1.76. The van der Waals surface area contributed by atoms with Gasteiger partial charge in [0.25, 0.3) is 0 Å². The summed E-state index contributed by atoms with van der Waals surface area (Å²) in [6.45, 7) is 5.71. The van der Waals surface area contributed by atoms with Gasteiger partial charge < -0.3 is 15.4 Å². The largest absolute Gasteiger partial charge is 0.381 e. The molecule has 0 spiro atoms. The minimum atomic E-state index is 0.172. The third-order valence-electron chi connectivity index (χ3n) is 4.01. The van der Waals surface area contributed by atoms with Crippen molar-refractivity contribution in [3.05, 3.63) is 0 Å². The smallest absolute Gasteiger partial charge is 0.224 e. The molecular weight excluding hydrogens is 216 g/mol. The molecule has 0 bridgehead atoms. The van der Waals surface area contributed by atoms with Crippen molar-refractivity contribution in [2.75, 3.05) is 26.3 Å². The molecule has 0 saturated carbocycles. The molecule has 1 amide bonds. The molecule has 2 aliphatic heterocycles. The maximum Gasteiger partial charge on any atom is 0.224 e. The van der Waals surface area contributed by atoms with Crippen LogP contribution in [-0.4, -0.2) is 38.3 Å². The Kier molecular flexibility index (Phi) is 4.80. The molecule has 17 heavy (non-hydrogen) atoms. The summed E-state index contributed by atoms with van der Waals surface area (Å²) in [5.74, 6) is 0.992. The van der Waals surface area contributed by atoms with Crippen molar-refractivity contribution in [3.8, 4) is 0 Å². The number of hydrogen-bond acceptors (Lipinski definition) is 3. The lowest BCUT2D eigenvalue weighted by Crippen LogP contribution is -2.46. The van der Waals surface area contributed by atoms with Gasteiger partial charge >= 0.3 is 0 Å². The maximum atomic E-state index is 12.1. The van der Waals surface area contributed by atoms with E-state index in [0.717, 1.165) is 52.0 Å². The van der Waals surface area contributed by atoms with Crippen LogP contribution in [0.3, 0.4) is 0 Å². The minimum absolute atomic E-state index is 0.172. The molecule has 98 valence electrons. The van der Waals surface area contributed by atoms with E-state index >= 15 is 0 Å². The molecule has 0 aromatic rings. The van der Waals surface area contributed by atoms with Crippen molar-refractivity contribution >= 4 is 5.91 Å². The van der Waals surface area contributed by atoms with Crippen molar-refractivity contribution in [3.63, 3.8) is 0 Å². The maximum absolute atomic E-state index is 12.1. The van der Waals surface area contributed by atoms with Crippen LogP contribution in [-0.2, 0) is 9.53 Å². The zero-order valence-corrected chi connectivity index (χ0v) is 10.7. The Bertz CT molecular complexity index is 246. The molecule has 0 aromatic heterocycles. The fourth-order valence-electron chi connectivity index (χ4n) is 2.75. The highest BCUT2D eigenvalue weighted by atomic mass is 16.5. The van der Waals surface area contributed by atoms with Gasteiger partial charge in [-0.25, -0.2) is 0 Å². The van der Waals surface area contributed by atoms with E-state index in [2.05, 4.69) is 17.6 Å². The van der Waals surface area contributed by atoms with Crippen LogP contribution in [0.4, 0.5) is 0 Å². The number of carbonyl (C=O) groups excluding carboxylic acids is 1. The Morgan fingerprint density at radius 2 is 2.12 bits per heavy atom. The molecule has 0 aliphatic carbocycles. The van der Waals surface area contributed by atoms with Crippen LogP contribution in [0.1, 0.15) is 32.6 Å². The molecule has 2 heterocycles. The summed E-state index contributed by atoms with van der Waals surface area (Å²) in [4.78, 5) is 12.1. The summed E-state index contributed by atoms with van der Waals surface area (Å²) in [5, 5.41) is 6.47. The van der Waals surface area contributed by atoms with Gasteiger partial charge in [-0.05, 0) is 45.1 Å². The Morgan fingerprint density at radius 1 is 1.35 bits per heavy atom. The van der Waals surface area contributed by atoms with Crippen molar-refractivity contribution in [2.24, 2.45) is 11.8 Å². The van der Waals surface area contributed by atoms with E-state index in [0.29, 0.717) is 5.92 Å². The number of amides is 1. The summed E-state index contributed by atoms with van der Waals surface area (Å²) in [6, 6.07) is 0.285. The average molecular weight is 240 g/mol. The average Bonchev–Trinajstić information content (AvgIpc) is 2.40. The fraction of sp³-hybridized carbons (Fsp3) is 0.923. The molecule has 2 atom stereocenters. The summed E-state index contributed by atoms with van der Waals surface area (Å²) in [5.41, 5.74) is 0. The van der Waals surface area contributed by atoms with E-state index in [4.69, 9.17) is 4.74 Å². The molecule has 2 N–H and O–H groups in total. The zero-order valence-electron chi connectivity index (χ0n) is 10.7. The molecule has 0 radical (unpaired) electrons. The lowest BCUT2D eigenvalue weighted by atomic mass is 9.91. The lowest BCUT2D eigenvalue weighted by Gasteiger charge is -2.30. The van der Waals surface area contributed by atoms with Crippen molar-refractivity contribution in [2.45, 2.75) is 38.6 Å². The Hall–Kier alpha value is -0.610. The van der Waals surface area contributed by atoms with E-state index in [1.165, 1.54) is 0 Å². The molecule has 2 fully saturated rings. The van der Waals surface area contributed by atoms with Gasteiger partial charge in [0.05, 0.1) is 5.92 Å². The number of piperidine rings is 1. The van der Waals surface area contributed by atoms with Gasteiger partial charge in [-0.1, -0.05) is 0 Å². The lowest BCUT2D eigenvalue weighted by molar-refractivity contribution is -0.126. The van der Waals surface area contributed by atoms with Crippen molar-refractivity contribution in [1.29, 1.82) is 0 Å². The predicted octanol–water partition coefficient (Wildman–Crippen LogP) is 0.917. The molecular formula is C13H24N2O2. The van der Waals surface area contributed by atoms with Crippen LogP contribution in [0.15, 0.2) is 0 Å². The van der Waals surface area contributed by atoms with Gasteiger partial charge in [-0.3, -0.25) is 4.79 Å². The summed E-state index contributed by atoms with van der Waals surface area (Å²) >= 11 is 0. The number of ether oxygens (including phenoxy) is 1. The van der Waals surface area contributed by atoms with Gasteiger partial charge in [0.1, 0.15) is 0 Å².